The second-order valence-electron chi connectivity index (χ2n) is 3.20. The van der Waals surface area contributed by atoms with Crippen molar-refractivity contribution in [2.45, 2.75) is 20.3 Å². The number of ether oxygens (including phenoxy) is 2. The molecule has 1 aromatic carbocycles. The highest BCUT2D eigenvalue weighted by molar-refractivity contribution is 6.67. The van der Waals surface area contributed by atoms with Crippen molar-refractivity contribution in [3.63, 3.8) is 0 Å². The van der Waals surface area contributed by atoms with E-state index in [4.69, 9.17) is 21.1 Å². The second-order valence-corrected chi connectivity index (χ2v) is 3.54. The average Bonchev–Trinajstić information content (AvgIpc) is 2.31. The molecule has 0 radical (unpaired) electrons. The van der Waals surface area contributed by atoms with Crippen molar-refractivity contribution in [1.82, 2.24) is 0 Å². The van der Waals surface area contributed by atoms with Gasteiger partial charge in [0.1, 0.15) is 0 Å². The topological polar surface area (TPSA) is 52.6 Å². The first-order chi connectivity index (χ1) is 8.08. The number of rotatable bonds is 5. The summed E-state index contributed by atoms with van der Waals surface area (Å²) in [5.74, 6) is 0.261. The number of benzene rings is 1. The number of halogens is 1. The summed E-state index contributed by atoms with van der Waals surface area (Å²) in [5, 5.41) is -0.584. The molecule has 0 aliphatic heterocycles. The lowest BCUT2D eigenvalue weighted by Gasteiger charge is -2.10. The predicted molar refractivity (Wildman–Crippen MR) is 63.7 cm³/mol. The van der Waals surface area contributed by atoms with Gasteiger partial charge in [-0.25, -0.2) is 0 Å². The number of hydrogen-bond donors (Lipinski definition) is 0. The van der Waals surface area contributed by atoms with Crippen LogP contribution in [-0.4, -0.2) is 17.8 Å². The molecule has 4 nitrogen and oxygen atoms in total. The number of carbonyl (C=O) groups is 2. The second kappa shape index (κ2) is 6.25. The van der Waals surface area contributed by atoms with Crippen molar-refractivity contribution in [3.05, 3.63) is 23.8 Å². The van der Waals surface area contributed by atoms with E-state index < -0.39 is 5.24 Å². The Morgan fingerprint density at radius 3 is 2.47 bits per heavy atom. The van der Waals surface area contributed by atoms with Gasteiger partial charge in [0.2, 0.25) is 0 Å². The highest BCUT2D eigenvalue weighted by Gasteiger charge is 2.12. The first kappa shape index (κ1) is 13.5. The molecule has 5 heteroatoms. The first-order valence-electron chi connectivity index (χ1n) is 5.25. The van der Waals surface area contributed by atoms with Crippen molar-refractivity contribution in [3.8, 4) is 11.5 Å². The van der Waals surface area contributed by atoms with Crippen molar-refractivity contribution in [1.29, 1.82) is 0 Å². The summed E-state index contributed by atoms with van der Waals surface area (Å²) < 4.78 is 10.3. The van der Waals surface area contributed by atoms with Gasteiger partial charge in [-0.2, -0.15) is 0 Å². The monoisotopic (exact) mass is 256 g/mol. The highest BCUT2D eigenvalue weighted by Crippen LogP contribution is 2.29. The molecule has 0 atom stereocenters. The molecule has 1 aromatic rings. The molecule has 0 aliphatic rings. The zero-order valence-corrected chi connectivity index (χ0v) is 10.4. The van der Waals surface area contributed by atoms with Crippen molar-refractivity contribution >= 4 is 22.8 Å². The van der Waals surface area contributed by atoms with Crippen molar-refractivity contribution in [2.75, 3.05) is 6.61 Å². The fourth-order valence-electron chi connectivity index (χ4n) is 1.18. The number of esters is 1. The Hall–Kier alpha value is -1.55. The molecule has 0 unspecified atom stereocenters. The Morgan fingerprint density at radius 2 is 1.94 bits per heavy atom. The normalized spacial score (nSPS) is 9.82. The summed E-state index contributed by atoms with van der Waals surface area (Å²) in [6.07, 6.45) is 0.266. The summed E-state index contributed by atoms with van der Waals surface area (Å²) in [7, 11) is 0. The molecular formula is C12H13ClO4. The zero-order valence-electron chi connectivity index (χ0n) is 9.66. The van der Waals surface area contributed by atoms with E-state index in [1.807, 2.05) is 0 Å². The van der Waals surface area contributed by atoms with Gasteiger partial charge in [-0.15, -0.1) is 0 Å². The lowest BCUT2D eigenvalue weighted by molar-refractivity contribution is -0.134. The SMILES string of the molecule is CCOc1cc(C(=O)Cl)ccc1OC(=O)CC. The van der Waals surface area contributed by atoms with Crippen LogP contribution in [0.4, 0.5) is 0 Å². The van der Waals surface area contributed by atoms with Gasteiger partial charge >= 0.3 is 5.97 Å². The number of carbonyl (C=O) groups excluding carboxylic acids is 2. The van der Waals surface area contributed by atoms with Crippen molar-refractivity contribution < 1.29 is 19.1 Å². The van der Waals surface area contributed by atoms with Gasteiger partial charge in [-0.3, -0.25) is 9.59 Å². The minimum absolute atomic E-state index is 0.266. The molecule has 0 spiro atoms. The third-order valence-electron chi connectivity index (χ3n) is 1.98. The maximum absolute atomic E-state index is 11.2. The van der Waals surface area contributed by atoms with Crippen LogP contribution in [0.1, 0.15) is 30.6 Å². The third kappa shape index (κ3) is 3.75. The van der Waals surface area contributed by atoms with Crippen LogP contribution < -0.4 is 9.47 Å². The molecule has 0 amide bonds. The van der Waals surface area contributed by atoms with Crippen LogP contribution in [0.15, 0.2) is 18.2 Å². The quantitative estimate of drug-likeness (QED) is 0.462. The summed E-state index contributed by atoms with van der Waals surface area (Å²) in [4.78, 5) is 22.2. The fraction of sp³-hybridized carbons (Fsp3) is 0.333. The minimum atomic E-state index is -0.584. The summed E-state index contributed by atoms with van der Waals surface area (Å²) in [5.41, 5.74) is 0.298. The molecule has 0 heterocycles. The van der Waals surface area contributed by atoms with Crippen LogP contribution in [0, 0.1) is 0 Å². The van der Waals surface area contributed by atoms with E-state index in [0.717, 1.165) is 0 Å². The molecular weight excluding hydrogens is 244 g/mol. The maximum atomic E-state index is 11.2. The van der Waals surface area contributed by atoms with Crippen LogP contribution in [0.3, 0.4) is 0 Å². The average molecular weight is 257 g/mol. The van der Waals surface area contributed by atoms with E-state index in [1.54, 1.807) is 13.8 Å². The molecule has 0 fully saturated rings. The summed E-state index contributed by atoms with van der Waals surface area (Å²) in [6, 6.07) is 4.43. The third-order valence-corrected chi connectivity index (χ3v) is 2.20. The van der Waals surface area contributed by atoms with E-state index >= 15 is 0 Å². The Kier molecular flexibility index (Phi) is 4.97. The zero-order chi connectivity index (χ0) is 12.8. The van der Waals surface area contributed by atoms with E-state index in [0.29, 0.717) is 23.7 Å². The van der Waals surface area contributed by atoms with Crippen LogP contribution in [-0.2, 0) is 4.79 Å². The van der Waals surface area contributed by atoms with Gasteiger partial charge in [0.05, 0.1) is 6.61 Å². The van der Waals surface area contributed by atoms with E-state index in [-0.39, 0.29) is 12.4 Å². The van der Waals surface area contributed by atoms with Crippen LogP contribution in [0.5, 0.6) is 11.5 Å². The molecule has 0 aromatic heterocycles. The van der Waals surface area contributed by atoms with Gasteiger partial charge in [0.25, 0.3) is 5.24 Å². The lowest BCUT2D eigenvalue weighted by Crippen LogP contribution is -2.07. The summed E-state index contributed by atoms with van der Waals surface area (Å²) >= 11 is 5.36. The van der Waals surface area contributed by atoms with E-state index in [2.05, 4.69) is 0 Å². The highest BCUT2D eigenvalue weighted by atomic mass is 35.5. The molecule has 0 aliphatic carbocycles. The molecule has 0 N–H and O–H groups in total. The Balaban J connectivity index is 3.03. The Labute approximate surface area is 104 Å². The van der Waals surface area contributed by atoms with E-state index in [9.17, 15) is 9.59 Å². The minimum Gasteiger partial charge on any atom is -0.490 e. The smallest absolute Gasteiger partial charge is 0.311 e. The molecule has 17 heavy (non-hydrogen) atoms. The Bertz CT molecular complexity index is 429. The molecule has 0 saturated carbocycles. The first-order valence-corrected chi connectivity index (χ1v) is 5.63. The summed E-state index contributed by atoms with van der Waals surface area (Å²) in [6.45, 7) is 3.89. The number of hydrogen-bond acceptors (Lipinski definition) is 4. The van der Waals surface area contributed by atoms with E-state index in [1.165, 1.54) is 18.2 Å². The molecule has 92 valence electrons. The maximum Gasteiger partial charge on any atom is 0.311 e. The van der Waals surface area contributed by atoms with Crippen LogP contribution in [0.25, 0.3) is 0 Å². The van der Waals surface area contributed by atoms with Crippen LogP contribution >= 0.6 is 11.6 Å². The predicted octanol–water partition coefficient (Wildman–Crippen LogP) is 2.78. The van der Waals surface area contributed by atoms with Gasteiger partial charge < -0.3 is 9.47 Å². The van der Waals surface area contributed by atoms with Gasteiger partial charge in [-0.05, 0) is 36.7 Å². The molecule has 0 saturated heterocycles. The van der Waals surface area contributed by atoms with Crippen molar-refractivity contribution in [2.24, 2.45) is 0 Å². The largest absolute Gasteiger partial charge is 0.490 e. The van der Waals surface area contributed by atoms with Gasteiger partial charge in [0.15, 0.2) is 11.5 Å². The fourth-order valence-corrected chi connectivity index (χ4v) is 1.30. The standard InChI is InChI=1S/C12H13ClO4/c1-3-11(14)17-9-6-5-8(12(13)15)7-10(9)16-4-2/h5-7H,3-4H2,1-2H3. The molecule has 0 bridgehead atoms. The van der Waals surface area contributed by atoms with Crippen LogP contribution in [0.2, 0.25) is 0 Å². The van der Waals surface area contributed by atoms with Gasteiger partial charge in [0, 0.05) is 12.0 Å². The Morgan fingerprint density at radius 1 is 1.24 bits per heavy atom. The lowest BCUT2D eigenvalue weighted by atomic mass is 10.2. The van der Waals surface area contributed by atoms with Gasteiger partial charge in [-0.1, -0.05) is 6.92 Å². The molecule has 1 rings (SSSR count).